The van der Waals surface area contributed by atoms with Gasteiger partial charge in [-0.15, -0.1) is 13.2 Å². The van der Waals surface area contributed by atoms with Gasteiger partial charge in [0.05, 0.1) is 5.69 Å². The van der Waals surface area contributed by atoms with Crippen LogP contribution in [0.1, 0.15) is 23.2 Å². The van der Waals surface area contributed by atoms with Crippen LogP contribution in [0.5, 0.6) is 5.75 Å². The van der Waals surface area contributed by atoms with Crippen LogP contribution in [0.3, 0.4) is 0 Å². The zero-order valence-corrected chi connectivity index (χ0v) is 18.3. The first-order valence-electron chi connectivity index (χ1n) is 10.1. The molecule has 0 fully saturated rings. The minimum atomic E-state index is -4.93. The van der Waals surface area contributed by atoms with Crippen molar-refractivity contribution >= 4 is 28.4 Å². The van der Waals surface area contributed by atoms with Crippen molar-refractivity contribution in [3.8, 4) is 11.4 Å². The molecule has 1 atom stereocenters. The maximum Gasteiger partial charge on any atom is 0.573 e. The third-order valence-corrected chi connectivity index (χ3v) is 4.93. The van der Waals surface area contributed by atoms with Crippen LogP contribution in [-0.4, -0.2) is 37.1 Å². The maximum atomic E-state index is 15.0. The van der Waals surface area contributed by atoms with Gasteiger partial charge < -0.3 is 20.9 Å². The Hall–Kier alpha value is -4.26. The predicted molar refractivity (Wildman–Crippen MR) is 117 cm³/mol. The number of nitrogens with two attached hydrogens (primary N) is 1. The van der Waals surface area contributed by atoms with Crippen LogP contribution in [0.4, 0.5) is 29.1 Å². The number of halogens is 4. The number of alkyl halides is 3. The summed E-state index contributed by atoms with van der Waals surface area (Å²) < 4.78 is 57.3. The number of aryl methyl sites for hydroxylation is 2. The first kappa shape index (κ1) is 23.9. The molecule has 2 aromatic heterocycles. The average molecular weight is 490 g/mol. The monoisotopic (exact) mass is 490 g/mol. The molecule has 0 aliphatic carbocycles. The number of nitrogens with one attached hydrogen (secondary N) is 1. The molecule has 4 rings (SSSR count). The molecule has 0 radical (unpaired) electrons. The van der Waals surface area contributed by atoms with Crippen molar-refractivity contribution in [2.75, 3.05) is 11.1 Å². The molecule has 2 heterocycles. The average Bonchev–Trinajstić information content (AvgIpc) is 3.08. The Labute approximate surface area is 195 Å². The van der Waals surface area contributed by atoms with Gasteiger partial charge in [0.15, 0.2) is 17.7 Å². The van der Waals surface area contributed by atoms with Crippen LogP contribution in [0.2, 0.25) is 0 Å². The fourth-order valence-electron chi connectivity index (χ4n) is 3.47. The van der Waals surface area contributed by atoms with Crippen LogP contribution in [0, 0.1) is 19.7 Å². The number of aliphatic hydroxyl groups excluding tert-OH is 1. The van der Waals surface area contributed by atoms with Gasteiger partial charge >= 0.3 is 6.36 Å². The zero-order valence-electron chi connectivity index (χ0n) is 18.3. The molecule has 9 nitrogen and oxygen atoms in total. The lowest BCUT2D eigenvalue weighted by Gasteiger charge is -2.14. The van der Waals surface area contributed by atoms with Gasteiger partial charge in [0.25, 0.3) is 5.91 Å². The summed E-state index contributed by atoms with van der Waals surface area (Å²) in [5.74, 6) is -1.82. The summed E-state index contributed by atoms with van der Waals surface area (Å²) in [5, 5.41) is 16.9. The third-order valence-electron chi connectivity index (χ3n) is 4.93. The second-order valence-electron chi connectivity index (χ2n) is 7.53. The number of aliphatic hydroxyl groups is 1. The lowest BCUT2D eigenvalue weighted by Crippen LogP contribution is -2.21. The Bertz CT molecular complexity index is 1440. The third kappa shape index (κ3) is 4.99. The van der Waals surface area contributed by atoms with Gasteiger partial charge in [0.2, 0.25) is 0 Å². The summed E-state index contributed by atoms with van der Waals surface area (Å²) in [6, 6.07) is 8.03. The number of ether oxygens (including phenoxy) is 1. The van der Waals surface area contributed by atoms with Gasteiger partial charge in [-0.2, -0.15) is 5.10 Å². The molecular weight excluding hydrogens is 472 g/mol. The highest BCUT2D eigenvalue weighted by atomic mass is 19.4. The molecule has 0 spiro atoms. The van der Waals surface area contributed by atoms with Gasteiger partial charge in [-0.3, -0.25) is 4.79 Å². The van der Waals surface area contributed by atoms with E-state index < -0.39 is 29.9 Å². The Morgan fingerprint density at radius 2 is 1.91 bits per heavy atom. The number of hydrogen-bond donors (Lipinski definition) is 3. The number of nitrogen functional groups attached to an aromatic ring is 1. The first-order chi connectivity index (χ1) is 16.4. The molecule has 4 N–H and O–H groups in total. The van der Waals surface area contributed by atoms with E-state index in [1.807, 2.05) is 0 Å². The van der Waals surface area contributed by atoms with E-state index in [9.17, 15) is 27.5 Å². The number of hydrogen-bond acceptors (Lipinski definition) is 7. The first-order valence-corrected chi connectivity index (χ1v) is 10.1. The Morgan fingerprint density at radius 3 is 2.60 bits per heavy atom. The quantitative estimate of drug-likeness (QED) is 0.364. The summed E-state index contributed by atoms with van der Waals surface area (Å²) in [6.45, 7) is 3.35. The maximum absolute atomic E-state index is 15.0. The van der Waals surface area contributed by atoms with Crippen LogP contribution in [0.25, 0.3) is 16.7 Å². The number of benzene rings is 2. The van der Waals surface area contributed by atoms with E-state index in [4.69, 9.17) is 5.73 Å². The molecule has 1 unspecified atom stereocenters. The van der Waals surface area contributed by atoms with Crippen molar-refractivity contribution < 1.29 is 32.2 Å². The minimum Gasteiger partial charge on any atom is -0.406 e. The van der Waals surface area contributed by atoms with Crippen LogP contribution < -0.4 is 15.8 Å². The minimum absolute atomic E-state index is 0.00811. The highest BCUT2D eigenvalue weighted by Crippen LogP contribution is 2.28. The molecular formula is C22H18F4N6O3. The second-order valence-corrected chi connectivity index (χ2v) is 7.53. The molecule has 13 heteroatoms. The number of carbonyl (C=O) groups is 1. The Morgan fingerprint density at radius 1 is 1.17 bits per heavy atom. The van der Waals surface area contributed by atoms with Crippen molar-refractivity contribution in [1.82, 2.24) is 19.7 Å². The number of amides is 1. The van der Waals surface area contributed by atoms with Crippen LogP contribution >= 0.6 is 0 Å². The Kier molecular flexibility index (Phi) is 6.03. The number of rotatable bonds is 5. The van der Waals surface area contributed by atoms with Gasteiger partial charge in [-0.25, -0.2) is 19.0 Å². The van der Waals surface area contributed by atoms with Gasteiger partial charge in [0.1, 0.15) is 28.3 Å². The second kappa shape index (κ2) is 8.83. The summed E-state index contributed by atoms with van der Waals surface area (Å²) >= 11 is 0. The lowest BCUT2D eigenvalue weighted by molar-refractivity contribution is -0.274. The van der Waals surface area contributed by atoms with Gasteiger partial charge in [-0.05, 0) is 49.7 Å². The highest BCUT2D eigenvalue weighted by molar-refractivity contribution is 5.95. The predicted octanol–water partition coefficient (Wildman–Crippen LogP) is 3.72. The largest absolute Gasteiger partial charge is 0.573 e. The van der Waals surface area contributed by atoms with Crippen molar-refractivity contribution in [1.29, 1.82) is 0 Å². The van der Waals surface area contributed by atoms with E-state index >= 15 is 0 Å². The summed E-state index contributed by atoms with van der Waals surface area (Å²) in [7, 11) is 0. The van der Waals surface area contributed by atoms with Crippen molar-refractivity contribution in [3.63, 3.8) is 0 Å². The van der Waals surface area contributed by atoms with Gasteiger partial charge in [-0.1, -0.05) is 12.1 Å². The van der Waals surface area contributed by atoms with E-state index in [0.717, 1.165) is 18.2 Å². The van der Waals surface area contributed by atoms with Crippen molar-refractivity contribution in [3.05, 3.63) is 65.4 Å². The number of carbonyl (C=O) groups excluding carboxylic acids is 1. The molecule has 0 aliphatic heterocycles. The molecule has 0 saturated heterocycles. The zero-order chi connectivity index (χ0) is 25.5. The standard InChI is InChI=1S/C22H18F4N6O3/c1-10-17-18(20(27)29-11(2)28-17)32(31-10)16-7-6-13(9-15(16)23)30-21(34)19(33)12-4-3-5-14(8-12)35-22(24,25)26/h3-9,19,33H,1-2H3,(H,30,34)(H2,27,28,29). The Balaban J connectivity index is 1.57. The summed E-state index contributed by atoms with van der Waals surface area (Å²) in [6.07, 6.45) is -6.77. The topological polar surface area (TPSA) is 128 Å². The molecule has 0 aliphatic rings. The molecule has 1 amide bonds. The SMILES string of the molecule is Cc1nc(N)c2c(n1)c(C)nn2-c1ccc(NC(=O)C(O)c2cccc(OC(F)(F)F)c2)cc1F. The van der Waals surface area contributed by atoms with E-state index in [-0.39, 0.29) is 22.8 Å². The fourth-order valence-corrected chi connectivity index (χ4v) is 3.47. The van der Waals surface area contributed by atoms with E-state index in [1.165, 1.54) is 28.9 Å². The lowest BCUT2D eigenvalue weighted by atomic mass is 10.1. The number of anilines is 2. The normalized spacial score (nSPS) is 12.5. The van der Waals surface area contributed by atoms with Crippen LogP contribution in [-0.2, 0) is 4.79 Å². The van der Waals surface area contributed by atoms with E-state index in [0.29, 0.717) is 22.6 Å². The summed E-state index contributed by atoms with van der Waals surface area (Å²) in [5.41, 5.74) is 7.15. The van der Waals surface area contributed by atoms with E-state index in [1.54, 1.807) is 13.8 Å². The molecule has 0 saturated carbocycles. The smallest absolute Gasteiger partial charge is 0.406 e. The molecule has 182 valence electrons. The van der Waals surface area contributed by atoms with Crippen molar-refractivity contribution in [2.45, 2.75) is 26.3 Å². The van der Waals surface area contributed by atoms with Gasteiger partial charge in [0, 0.05) is 5.69 Å². The van der Waals surface area contributed by atoms with Crippen molar-refractivity contribution in [2.24, 2.45) is 0 Å². The summed E-state index contributed by atoms with van der Waals surface area (Å²) in [4.78, 5) is 20.8. The van der Waals surface area contributed by atoms with Crippen LogP contribution in [0.15, 0.2) is 42.5 Å². The number of aromatic nitrogens is 4. The van der Waals surface area contributed by atoms with E-state index in [2.05, 4.69) is 25.1 Å². The molecule has 0 bridgehead atoms. The molecule has 4 aromatic rings. The fraction of sp³-hybridized carbons (Fsp3) is 0.182. The molecule has 35 heavy (non-hydrogen) atoms. The highest BCUT2D eigenvalue weighted by Gasteiger charge is 2.31. The molecule has 2 aromatic carbocycles. The number of fused-ring (bicyclic) bond motifs is 1. The number of nitrogens with zero attached hydrogens (tertiary/aromatic N) is 4.